The Balaban J connectivity index is 0.000000845. The fourth-order valence-corrected chi connectivity index (χ4v) is 1.06. The molecular formula is C10H8N2Y. The van der Waals surface area contributed by atoms with E-state index in [1.54, 1.807) is 18.6 Å². The van der Waals surface area contributed by atoms with Crippen LogP contribution in [-0.4, -0.2) is 9.97 Å². The van der Waals surface area contributed by atoms with Gasteiger partial charge in [0.25, 0.3) is 0 Å². The third-order valence-corrected chi connectivity index (χ3v) is 1.63. The summed E-state index contributed by atoms with van der Waals surface area (Å²) in [5, 5.41) is 0. The van der Waals surface area contributed by atoms with Crippen LogP contribution in [0.15, 0.2) is 48.9 Å². The van der Waals surface area contributed by atoms with Gasteiger partial charge in [0.05, 0.1) is 11.9 Å². The molecule has 0 spiro atoms. The Hall–Kier alpha value is -0.596. The van der Waals surface area contributed by atoms with Crippen molar-refractivity contribution in [3.8, 4) is 11.3 Å². The maximum Gasteiger partial charge on any atom is 0.0885 e. The van der Waals surface area contributed by atoms with Gasteiger partial charge < -0.3 is 0 Å². The van der Waals surface area contributed by atoms with Crippen molar-refractivity contribution < 1.29 is 32.7 Å². The van der Waals surface area contributed by atoms with Crippen LogP contribution < -0.4 is 0 Å². The third-order valence-electron chi connectivity index (χ3n) is 1.63. The van der Waals surface area contributed by atoms with E-state index in [0.717, 1.165) is 11.3 Å². The quantitative estimate of drug-likeness (QED) is 0.769. The zero-order chi connectivity index (χ0) is 8.23. The first-order valence-corrected chi connectivity index (χ1v) is 3.78. The molecule has 1 aromatic carbocycles. The number of aromatic nitrogens is 2. The van der Waals surface area contributed by atoms with Gasteiger partial charge in [-0.05, 0) is 0 Å². The van der Waals surface area contributed by atoms with Gasteiger partial charge in [-0.3, -0.25) is 9.97 Å². The minimum Gasteiger partial charge on any atom is -0.261 e. The molecule has 0 aliphatic heterocycles. The Kier molecular flexibility index (Phi) is 4.20. The first kappa shape index (κ1) is 10.5. The average molecular weight is 245 g/mol. The predicted octanol–water partition coefficient (Wildman–Crippen LogP) is 2.14. The SMILES string of the molecule is [Y].c1ccc(-c2cnccn2)cc1. The molecule has 0 unspecified atom stereocenters. The summed E-state index contributed by atoms with van der Waals surface area (Å²) < 4.78 is 0. The summed E-state index contributed by atoms with van der Waals surface area (Å²) in [6.07, 6.45) is 5.13. The van der Waals surface area contributed by atoms with Crippen LogP contribution in [0.4, 0.5) is 0 Å². The molecule has 2 rings (SSSR count). The van der Waals surface area contributed by atoms with E-state index in [0.29, 0.717) is 0 Å². The largest absolute Gasteiger partial charge is 0.261 e. The van der Waals surface area contributed by atoms with Gasteiger partial charge in [0.15, 0.2) is 0 Å². The van der Waals surface area contributed by atoms with Gasteiger partial charge in [-0.1, -0.05) is 30.3 Å². The first-order valence-electron chi connectivity index (χ1n) is 3.78. The number of nitrogens with zero attached hydrogens (tertiary/aromatic N) is 2. The van der Waals surface area contributed by atoms with E-state index in [2.05, 4.69) is 9.97 Å². The van der Waals surface area contributed by atoms with Crippen molar-refractivity contribution >= 4 is 0 Å². The normalized spacial score (nSPS) is 8.92. The van der Waals surface area contributed by atoms with Crippen molar-refractivity contribution in [2.24, 2.45) is 0 Å². The minimum atomic E-state index is 0. The monoisotopic (exact) mass is 245 g/mol. The molecule has 3 heteroatoms. The summed E-state index contributed by atoms with van der Waals surface area (Å²) in [5.41, 5.74) is 2.02. The topological polar surface area (TPSA) is 25.8 Å². The van der Waals surface area contributed by atoms with E-state index in [-0.39, 0.29) is 32.7 Å². The zero-order valence-electron chi connectivity index (χ0n) is 7.09. The second-order valence-electron chi connectivity index (χ2n) is 2.46. The molecule has 0 N–H and O–H groups in total. The average Bonchev–Trinajstić information content (AvgIpc) is 2.21. The molecule has 0 amide bonds. The maximum absolute atomic E-state index is 4.19. The van der Waals surface area contributed by atoms with E-state index < -0.39 is 0 Å². The predicted molar refractivity (Wildman–Crippen MR) is 47.5 cm³/mol. The Morgan fingerprint density at radius 2 is 1.69 bits per heavy atom. The fraction of sp³-hybridized carbons (Fsp3) is 0. The molecule has 0 aliphatic rings. The van der Waals surface area contributed by atoms with Crippen LogP contribution in [0.1, 0.15) is 0 Å². The van der Waals surface area contributed by atoms with E-state index in [9.17, 15) is 0 Å². The van der Waals surface area contributed by atoms with Gasteiger partial charge in [0.2, 0.25) is 0 Å². The molecule has 1 aromatic heterocycles. The first-order chi connectivity index (χ1) is 5.97. The van der Waals surface area contributed by atoms with Crippen molar-refractivity contribution in [1.29, 1.82) is 0 Å². The van der Waals surface area contributed by atoms with Crippen LogP contribution in [0.3, 0.4) is 0 Å². The van der Waals surface area contributed by atoms with Crippen LogP contribution in [0.5, 0.6) is 0 Å². The minimum absolute atomic E-state index is 0. The number of hydrogen-bond donors (Lipinski definition) is 0. The van der Waals surface area contributed by atoms with Crippen molar-refractivity contribution in [1.82, 2.24) is 9.97 Å². The zero-order valence-corrected chi connectivity index (χ0v) is 9.93. The van der Waals surface area contributed by atoms with Gasteiger partial charge in [-0.15, -0.1) is 0 Å². The van der Waals surface area contributed by atoms with Gasteiger partial charge in [-0.2, -0.15) is 0 Å². The van der Waals surface area contributed by atoms with Crippen molar-refractivity contribution in [3.05, 3.63) is 48.9 Å². The summed E-state index contributed by atoms with van der Waals surface area (Å²) in [7, 11) is 0. The van der Waals surface area contributed by atoms with Crippen LogP contribution in [0.2, 0.25) is 0 Å². The number of hydrogen-bond acceptors (Lipinski definition) is 2. The standard InChI is InChI=1S/C10H8N2.Y/c1-2-4-9(5-3-1)10-8-11-6-7-12-10;/h1-8H;. The Bertz CT molecular complexity index is 310. The Morgan fingerprint density at radius 3 is 2.31 bits per heavy atom. The Labute approximate surface area is 102 Å². The molecule has 0 fully saturated rings. The molecule has 1 heterocycles. The molecule has 0 aliphatic carbocycles. The van der Waals surface area contributed by atoms with Gasteiger partial charge in [0, 0.05) is 50.7 Å². The van der Waals surface area contributed by atoms with Crippen LogP contribution in [-0.2, 0) is 32.7 Å². The summed E-state index contributed by atoms with van der Waals surface area (Å²) in [6, 6.07) is 10.0. The Morgan fingerprint density at radius 1 is 0.923 bits per heavy atom. The molecule has 13 heavy (non-hydrogen) atoms. The van der Waals surface area contributed by atoms with Crippen molar-refractivity contribution in [2.75, 3.05) is 0 Å². The van der Waals surface area contributed by atoms with Gasteiger partial charge in [-0.25, -0.2) is 0 Å². The smallest absolute Gasteiger partial charge is 0.0885 e. The fourth-order valence-electron chi connectivity index (χ4n) is 1.06. The van der Waals surface area contributed by atoms with E-state index in [1.165, 1.54) is 0 Å². The van der Waals surface area contributed by atoms with Crippen LogP contribution in [0, 0.1) is 0 Å². The molecule has 1 radical (unpaired) electrons. The molecule has 0 saturated heterocycles. The van der Waals surface area contributed by atoms with E-state index >= 15 is 0 Å². The van der Waals surface area contributed by atoms with Crippen molar-refractivity contribution in [3.63, 3.8) is 0 Å². The molecule has 0 bridgehead atoms. The summed E-state index contributed by atoms with van der Waals surface area (Å²) >= 11 is 0. The number of benzene rings is 1. The molecule has 61 valence electrons. The number of rotatable bonds is 1. The molecular weight excluding hydrogens is 237 g/mol. The molecule has 0 saturated carbocycles. The van der Waals surface area contributed by atoms with E-state index in [4.69, 9.17) is 0 Å². The summed E-state index contributed by atoms with van der Waals surface area (Å²) in [4.78, 5) is 8.19. The third kappa shape index (κ3) is 2.68. The summed E-state index contributed by atoms with van der Waals surface area (Å²) in [6.45, 7) is 0. The van der Waals surface area contributed by atoms with Crippen LogP contribution in [0.25, 0.3) is 11.3 Å². The van der Waals surface area contributed by atoms with Gasteiger partial charge in [0.1, 0.15) is 0 Å². The van der Waals surface area contributed by atoms with Crippen LogP contribution >= 0.6 is 0 Å². The summed E-state index contributed by atoms with van der Waals surface area (Å²) in [5.74, 6) is 0. The molecule has 2 aromatic rings. The van der Waals surface area contributed by atoms with Crippen molar-refractivity contribution in [2.45, 2.75) is 0 Å². The van der Waals surface area contributed by atoms with Gasteiger partial charge >= 0.3 is 0 Å². The molecule has 2 nitrogen and oxygen atoms in total. The molecule has 0 atom stereocenters. The van der Waals surface area contributed by atoms with E-state index in [1.807, 2.05) is 30.3 Å². The second kappa shape index (κ2) is 5.20. The maximum atomic E-state index is 4.19. The second-order valence-corrected chi connectivity index (χ2v) is 2.46.